The first-order valence-corrected chi connectivity index (χ1v) is 8.52. The van der Waals surface area contributed by atoms with Crippen molar-refractivity contribution in [2.75, 3.05) is 30.9 Å². The fraction of sp³-hybridized carbons (Fsp3) is 0.150. The number of amides is 3. The van der Waals surface area contributed by atoms with E-state index in [9.17, 15) is 14.4 Å². The van der Waals surface area contributed by atoms with Gasteiger partial charge in [-0.25, -0.2) is 0 Å². The van der Waals surface area contributed by atoms with E-state index >= 15 is 0 Å². The second-order valence-corrected chi connectivity index (χ2v) is 5.97. The third-order valence-electron chi connectivity index (χ3n) is 4.08. The summed E-state index contributed by atoms with van der Waals surface area (Å²) in [4.78, 5) is 37.4. The Bertz CT molecular complexity index is 937. The van der Waals surface area contributed by atoms with Crippen LogP contribution in [0.2, 0.25) is 0 Å². The summed E-state index contributed by atoms with van der Waals surface area (Å²) in [6.07, 6.45) is 1.17. The SMILES string of the molecule is COc1ccc(NC(=O)c2cccc(NC3=CC(=O)N(CCO)C3=O)c2)cc1. The van der Waals surface area contributed by atoms with Gasteiger partial charge in [0.1, 0.15) is 11.4 Å². The second-order valence-electron chi connectivity index (χ2n) is 5.97. The van der Waals surface area contributed by atoms with Crippen molar-refractivity contribution < 1.29 is 24.2 Å². The summed E-state index contributed by atoms with van der Waals surface area (Å²) in [6.45, 7) is -0.372. The second kappa shape index (κ2) is 8.36. The van der Waals surface area contributed by atoms with Crippen molar-refractivity contribution in [3.8, 4) is 5.75 Å². The number of aliphatic hydroxyl groups excluding tert-OH is 1. The average molecular weight is 381 g/mol. The molecule has 0 saturated carbocycles. The molecule has 0 aliphatic carbocycles. The van der Waals surface area contributed by atoms with Crippen LogP contribution in [0.3, 0.4) is 0 Å². The highest BCUT2D eigenvalue weighted by atomic mass is 16.5. The monoisotopic (exact) mass is 381 g/mol. The lowest BCUT2D eigenvalue weighted by molar-refractivity contribution is -0.137. The molecule has 0 radical (unpaired) electrons. The highest BCUT2D eigenvalue weighted by Gasteiger charge is 2.30. The zero-order valence-corrected chi connectivity index (χ0v) is 15.1. The third kappa shape index (κ3) is 4.18. The van der Waals surface area contributed by atoms with Gasteiger partial charge in [-0.1, -0.05) is 6.07 Å². The van der Waals surface area contributed by atoms with Crippen molar-refractivity contribution in [3.05, 3.63) is 65.9 Å². The minimum atomic E-state index is -0.521. The van der Waals surface area contributed by atoms with E-state index in [1.165, 1.54) is 6.08 Å². The summed E-state index contributed by atoms with van der Waals surface area (Å²) in [7, 11) is 1.56. The van der Waals surface area contributed by atoms with Gasteiger partial charge in [0.25, 0.3) is 17.7 Å². The Balaban J connectivity index is 1.70. The number of ether oxygens (including phenoxy) is 1. The summed E-state index contributed by atoms with van der Waals surface area (Å²) in [5, 5.41) is 14.6. The van der Waals surface area contributed by atoms with Gasteiger partial charge in [0.15, 0.2) is 0 Å². The van der Waals surface area contributed by atoms with Crippen LogP contribution in [0, 0.1) is 0 Å². The maximum absolute atomic E-state index is 12.5. The standard InChI is InChI=1S/C20H19N3O5/c1-28-16-7-5-14(6-8-16)22-19(26)13-3-2-4-15(11-13)21-17-12-18(25)23(9-10-24)20(17)27/h2-8,11-12,21,24H,9-10H2,1H3,(H,22,26). The number of nitrogens with zero attached hydrogens (tertiary/aromatic N) is 1. The Morgan fingerprint density at radius 2 is 1.86 bits per heavy atom. The van der Waals surface area contributed by atoms with Gasteiger partial charge in [-0.05, 0) is 42.5 Å². The number of hydrogen-bond acceptors (Lipinski definition) is 6. The average Bonchev–Trinajstić information content (AvgIpc) is 2.96. The van der Waals surface area contributed by atoms with E-state index in [4.69, 9.17) is 9.84 Å². The zero-order valence-electron chi connectivity index (χ0n) is 15.1. The molecule has 2 aromatic rings. The Hall–Kier alpha value is -3.65. The van der Waals surface area contributed by atoms with Gasteiger partial charge in [0.2, 0.25) is 0 Å². The van der Waals surface area contributed by atoms with Crippen molar-refractivity contribution >= 4 is 29.1 Å². The molecule has 0 bridgehead atoms. The molecule has 1 aliphatic rings. The van der Waals surface area contributed by atoms with Crippen molar-refractivity contribution in [2.45, 2.75) is 0 Å². The Kier molecular flexibility index (Phi) is 5.71. The largest absolute Gasteiger partial charge is 0.497 e. The van der Waals surface area contributed by atoms with Crippen LogP contribution in [0.15, 0.2) is 60.3 Å². The number of carbonyl (C=O) groups excluding carboxylic acids is 3. The number of methoxy groups -OCH3 is 1. The molecule has 8 nitrogen and oxygen atoms in total. The molecule has 3 rings (SSSR count). The van der Waals surface area contributed by atoms with Crippen molar-refractivity contribution in [3.63, 3.8) is 0 Å². The van der Waals surface area contributed by atoms with Crippen LogP contribution in [0.1, 0.15) is 10.4 Å². The first kappa shape index (κ1) is 19.1. The van der Waals surface area contributed by atoms with Crippen LogP contribution in [-0.4, -0.2) is 48.0 Å². The van der Waals surface area contributed by atoms with Crippen LogP contribution < -0.4 is 15.4 Å². The van der Waals surface area contributed by atoms with E-state index < -0.39 is 11.8 Å². The molecule has 0 fully saturated rings. The number of benzene rings is 2. The minimum Gasteiger partial charge on any atom is -0.497 e. The van der Waals surface area contributed by atoms with Gasteiger partial charge in [-0.2, -0.15) is 0 Å². The van der Waals surface area contributed by atoms with E-state index in [0.717, 1.165) is 4.90 Å². The summed E-state index contributed by atoms with van der Waals surface area (Å²) < 4.78 is 5.08. The van der Waals surface area contributed by atoms with Gasteiger partial charge in [-0.15, -0.1) is 0 Å². The van der Waals surface area contributed by atoms with Crippen molar-refractivity contribution in [2.24, 2.45) is 0 Å². The maximum atomic E-state index is 12.5. The number of hydrogen-bond donors (Lipinski definition) is 3. The number of imide groups is 1. The fourth-order valence-electron chi connectivity index (χ4n) is 2.68. The zero-order chi connectivity index (χ0) is 20.1. The maximum Gasteiger partial charge on any atom is 0.277 e. The molecule has 2 aromatic carbocycles. The van der Waals surface area contributed by atoms with Gasteiger partial charge < -0.3 is 20.5 Å². The molecule has 1 heterocycles. The minimum absolute atomic E-state index is 0.0658. The fourth-order valence-corrected chi connectivity index (χ4v) is 2.68. The number of nitrogens with one attached hydrogen (secondary N) is 2. The first-order valence-electron chi connectivity index (χ1n) is 8.52. The smallest absolute Gasteiger partial charge is 0.277 e. The molecule has 0 spiro atoms. The summed E-state index contributed by atoms with van der Waals surface area (Å²) in [6, 6.07) is 13.5. The van der Waals surface area contributed by atoms with Crippen LogP contribution in [0.25, 0.3) is 0 Å². The van der Waals surface area contributed by atoms with Gasteiger partial charge in [0.05, 0.1) is 20.3 Å². The molecule has 0 atom stereocenters. The molecule has 0 saturated heterocycles. The Labute approximate surface area is 161 Å². The highest BCUT2D eigenvalue weighted by Crippen LogP contribution is 2.20. The Morgan fingerprint density at radius 3 is 2.54 bits per heavy atom. The van der Waals surface area contributed by atoms with E-state index in [2.05, 4.69) is 10.6 Å². The molecule has 1 aliphatic heterocycles. The van der Waals surface area contributed by atoms with Gasteiger partial charge in [-0.3, -0.25) is 19.3 Å². The predicted octanol–water partition coefficient (Wildman–Crippen LogP) is 1.60. The first-order chi connectivity index (χ1) is 13.5. The van der Waals surface area contributed by atoms with Crippen LogP contribution >= 0.6 is 0 Å². The van der Waals surface area contributed by atoms with Gasteiger partial charge >= 0.3 is 0 Å². The van der Waals surface area contributed by atoms with Crippen molar-refractivity contribution in [1.82, 2.24) is 4.90 Å². The molecule has 3 amide bonds. The predicted molar refractivity (Wildman–Crippen MR) is 103 cm³/mol. The Morgan fingerprint density at radius 1 is 1.11 bits per heavy atom. The third-order valence-corrected chi connectivity index (χ3v) is 4.08. The number of anilines is 2. The topological polar surface area (TPSA) is 108 Å². The molecule has 0 unspecified atom stereocenters. The molecule has 8 heteroatoms. The van der Waals surface area contributed by atoms with E-state index in [1.807, 2.05) is 0 Å². The summed E-state index contributed by atoms with van der Waals surface area (Å²) in [5.74, 6) is -0.649. The normalized spacial score (nSPS) is 13.4. The van der Waals surface area contributed by atoms with E-state index in [-0.39, 0.29) is 24.8 Å². The van der Waals surface area contributed by atoms with Crippen LogP contribution in [-0.2, 0) is 9.59 Å². The van der Waals surface area contributed by atoms with Crippen LogP contribution in [0.4, 0.5) is 11.4 Å². The number of β-amino-alcohol motifs (C(OH)–C–C–N with tert-alkyl or cyclic N) is 1. The quantitative estimate of drug-likeness (QED) is 0.629. The summed E-state index contributed by atoms with van der Waals surface area (Å²) >= 11 is 0. The lowest BCUT2D eigenvalue weighted by atomic mass is 10.1. The molecule has 28 heavy (non-hydrogen) atoms. The molecule has 144 valence electrons. The lowest BCUT2D eigenvalue weighted by Gasteiger charge is -2.13. The number of aliphatic hydroxyl groups is 1. The van der Waals surface area contributed by atoms with E-state index in [1.54, 1.807) is 55.6 Å². The van der Waals surface area contributed by atoms with E-state index in [0.29, 0.717) is 22.7 Å². The number of carbonyl (C=O) groups is 3. The molecular formula is C20H19N3O5. The molecule has 3 N–H and O–H groups in total. The lowest BCUT2D eigenvalue weighted by Crippen LogP contribution is -2.34. The van der Waals surface area contributed by atoms with Crippen molar-refractivity contribution in [1.29, 1.82) is 0 Å². The number of rotatable bonds is 7. The molecular weight excluding hydrogens is 362 g/mol. The van der Waals surface area contributed by atoms with Crippen LogP contribution in [0.5, 0.6) is 5.75 Å². The highest BCUT2D eigenvalue weighted by molar-refractivity contribution is 6.17. The molecule has 0 aromatic heterocycles. The summed E-state index contributed by atoms with van der Waals surface area (Å²) in [5.41, 5.74) is 1.57. The van der Waals surface area contributed by atoms with Gasteiger partial charge in [0, 0.05) is 23.0 Å².